The molecule has 0 spiro atoms. The van der Waals surface area contributed by atoms with Crippen LogP contribution in [0.15, 0.2) is 0 Å². The average molecular weight is 367 g/mol. The highest BCUT2D eigenvalue weighted by Crippen LogP contribution is 2.22. The summed E-state index contributed by atoms with van der Waals surface area (Å²) < 4.78 is 23.4. The number of nitrogens with one attached hydrogen (secondary N) is 1. The smallest absolute Gasteiger partial charge is 0.222 e. The van der Waals surface area contributed by atoms with Gasteiger partial charge in [-0.15, -0.1) is 12.4 Å². The van der Waals surface area contributed by atoms with Crippen molar-refractivity contribution in [3.8, 4) is 0 Å². The molecule has 0 aromatic rings. The number of hydrogen-bond acceptors (Lipinski definition) is 4. The standard InChI is InChI=1S/C16H30N2O3S.ClH/c1-2-3-11-18(15-8-12-22(20,21)13-15)16(19)5-4-14-6-9-17-10-7-14;/h14-15,17H,2-13H2,1H3;1H. The van der Waals surface area contributed by atoms with E-state index in [2.05, 4.69) is 12.2 Å². The van der Waals surface area contributed by atoms with E-state index in [9.17, 15) is 13.2 Å². The topological polar surface area (TPSA) is 66.5 Å². The summed E-state index contributed by atoms with van der Waals surface area (Å²) in [5.74, 6) is 1.21. The Morgan fingerprint density at radius 1 is 1.22 bits per heavy atom. The normalized spacial score (nSPS) is 24.1. The molecule has 2 aliphatic heterocycles. The van der Waals surface area contributed by atoms with E-state index in [0.29, 0.717) is 25.3 Å². The van der Waals surface area contributed by atoms with Crippen molar-refractivity contribution in [3.05, 3.63) is 0 Å². The molecule has 2 heterocycles. The van der Waals surface area contributed by atoms with E-state index < -0.39 is 9.84 Å². The molecule has 23 heavy (non-hydrogen) atoms. The highest BCUT2D eigenvalue weighted by atomic mass is 35.5. The minimum absolute atomic E-state index is 0. The Morgan fingerprint density at radius 2 is 1.91 bits per heavy atom. The maximum absolute atomic E-state index is 12.6. The Hall–Kier alpha value is -0.330. The number of rotatable bonds is 7. The van der Waals surface area contributed by atoms with E-state index in [1.54, 1.807) is 0 Å². The molecule has 2 fully saturated rings. The van der Waals surface area contributed by atoms with Crippen molar-refractivity contribution in [3.63, 3.8) is 0 Å². The molecule has 1 N–H and O–H groups in total. The highest BCUT2D eigenvalue weighted by Gasteiger charge is 2.34. The van der Waals surface area contributed by atoms with E-state index in [1.165, 1.54) is 0 Å². The molecule has 2 saturated heterocycles. The summed E-state index contributed by atoms with van der Waals surface area (Å²) in [4.78, 5) is 14.5. The van der Waals surface area contributed by atoms with Crippen molar-refractivity contribution in [2.24, 2.45) is 5.92 Å². The van der Waals surface area contributed by atoms with Crippen LogP contribution in [0, 0.1) is 5.92 Å². The number of unbranched alkanes of at least 4 members (excludes halogenated alkanes) is 1. The SMILES string of the molecule is CCCCN(C(=O)CCC1CCNCC1)C1CCS(=O)(=O)C1.Cl. The van der Waals surface area contributed by atoms with Gasteiger partial charge in [-0.3, -0.25) is 4.79 Å². The van der Waals surface area contributed by atoms with Gasteiger partial charge in [-0.1, -0.05) is 13.3 Å². The van der Waals surface area contributed by atoms with Crippen molar-refractivity contribution in [2.45, 2.75) is 57.9 Å². The lowest BCUT2D eigenvalue weighted by molar-refractivity contribution is -0.133. The third kappa shape index (κ3) is 6.59. The first kappa shape index (κ1) is 20.7. The Morgan fingerprint density at radius 3 is 2.48 bits per heavy atom. The van der Waals surface area contributed by atoms with E-state index in [-0.39, 0.29) is 35.9 Å². The second kappa shape index (κ2) is 9.84. The molecule has 2 rings (SSSR count). The predicted octanol–water partition coefficient (Wildman–Crippen LogP) is 2.00. The van der Waals surface area contributed by atoms with Crippen LogP contribution in [0.5, 0.6) is 0 Å². The first-order valence-electron chi connectivity index (χ1n) is 8.72. The van der Waals surface area contributed by atoms with Crippen LogP contribution in [0.25, 0.3) is 0 Å². The Labute approximate surface area is 146 Å². The van der Waals surface area contributed by atoms with Gasteiger partial charge in [0.2, 0.25) is 5.91 Å². The number of amides is 1. The first-order valence-corrected chi connectivity index (χ1v) is 10.5. The minimum atomic E-state index is -2.94. The number of halogens is 1. The summed E-state index contributed by atoms with van der Waals surface area (Å²) in [5, 5.41) is 3.34. The molecule has 0 radical (unpaired) electrons. The van der Waals surface area contributed by atoms with Crippen LogP contribution in [0.2, 0.25) is 0 Å². The number of piperidine rings is 1. The number of carbonyl (C=O) groups excluding carboxylic acids is 1. The summed E-state index contributed by atoms with van der Waals surface area (Å²) in [7, 11) is -2.94. The number of hydrogen-bond donors (Lipinski definition) is 1. The molecule has 2 aliphatic rings. The third-order valence-corrected chi connectivity index (χ3v) is 6.70. The number of nitrogens with zero attached hydrogens (tertiary/aromatic N) is 1. The Balaban J connectivity index is 0.00000264. The van der Waals surface area contributed by atoms with Crippen LogP contribution in [0.3, 0.4) is 0 Å². The van der Waals surface area contributed by atoms with Crippen LogP contribution in [0.1, 0.15) is 51.9 Å². The van der Waals surface area contributed by atoms with Crippen molar-refractivity contribution in [1.29, 1.82) is 0 Å². The lowest BCUT2D eigenvalue weighted by Crippen LogP contribution is -2.42. The molecule has 1 unspecified atom stereocenters. The third-order valence-electron chi connectivity index (χ3n) is 4.95. The van der Waals surface area contributed by atoms with Crippen LogP contribution in [-0.4, -0.2) is 56.4 Å². The van der Waals surface area contributed by atoms with Crippen LogP contribution in [-0.2, 0) is 14.6 Å². The van der Waals surface area contributed by atoms with Crippen molar-refractivity contribution < 1.29 is 13.2 Å². The molecule has 1 amide bonds. The van der Waals surface area contributed by atoms with Crippen LogP contribution < -0.4 is 5.32 Å². The van der Waals surface area contributed by atoms with Crippen molar-refractivity contribution in [2.75, 3.05) is 31.1 Å². The van der Waals surface area contributed by atoms with Gasteiger partial charge < -0.3 is 10.2 Å². The van der Waals surface area contributed by atoms with Gasteiger partial charge in [0.1, 0.15) is 0 Å². The second-order valence-electron chi connectivity index (χ2n) is 6.73. The quantitative estimate of drug-likeness (QED) is 0.748. The van der Waals surface area contributed by atoms with Crippen molar-refractivity contribution in [1.82, 2.24) is 10.2 Å². The molecule has 136 valence electrons. The molecule has 7 heteroatoms. The van der Waals surface area contributed by atoms with E-state index in [4.69, 9.17) is 0 Å². The molecule has 1 atom stereocenters. The van der Waals surface area contributed by atoms with Gasteiger partial charge in [0, 0.05) is 19.0 Å². The summed E-state index contributed by atoms with van der Waals surface area (Å²) in [6.45, 7) is 4.92. The number of carbonyl (C=O) groups is 1. The van der Waals surface area contributed by atoms with Gasteiger partial charge in [0.25, 0.3) is 0 Å². The number of sulfone groups is 1. The van der Waals surface area contributed by atoms with Gasteiger partial charge in [-0.25, -0.2) is 8.42 Å². The predicted molar refractivity (Wildman–Crippen MR) is 95.8 cm³/mol. The molecular formula is C16H31ClN2O3S. The summed E-state index contributed by atoms with van der Waals surface area (Å²) in [5.41, 5.74) is 0. The van der Waals surface area contributed by atoms with Crippen LogP contribution >= 0.6 is 12.4 Å². The van der Waals surface area contributed by atoms with E-state index in [1.807, 2.05) is 4.90 Å². The molecule has 5 nitrogen and oxygen atoms in total. The summed E-state index contributed by atoms with van der Waals surface area (Å²) >= 11 is 0. The summed E-state index contributed by atoms with van der Waals surface area (Å²) in [6.07, 6.45) is 6.42. The van der Waals surface area contributed by atoms with E-state index >= 15 is 0 Å². The lowest BCUT2D eigenvalue weighted by atomic mass is 9.93. The van der Waals surface area contributed by atoms with Gasteiger partial charge in [0.15, 0.2) is 9.84 Å². The maximum Gasteiger partial charge on any atom is 0.222 e. The van der Waals surface area contributed by atoms with Gasteiger partial charge in [-0.2, -0.15) is 0 Å². The van der Waals surface area contributed by atoms with Gasteiger partial charge >= 0.3 is 0 Å². The molecule has 0 bridgehead atoms. The minimum Gasteiger partial charge on any atom is -0.339 e. The largest absolute Gasteiger partial charge is 0.339 e. The molecule has 0 aromatic heterocycles. The fraction of sp³-hybridized carbons (Fsp3) is 0.938. The Bertz CT molecular complexity index is 464. The fourth-order valence-corrected chi connectivity index (χ4v) is 5.23. The second-order valence-corrected chi connectivity index (χ2v) is 8.96. The molecular weight excluding hydrogens is 336 g/mol. The fourth-order valence-electron chi connectivity index (χ4n) is 3.50. The lowest BCUT2D eigenvalue weighted by Gasteiger charge is -2.29. The van der Waals surface area contributed by atoms with E-state index in [0.717, 1.165) is 45.2 Å². The van der Waals surface area contributed by atoms with Gasteiger partial charge in [0.05, 0.1) is 11.5 Å². The zero-order chi connectivity index (χ0) is 16.0. The zero-order valence-electron chi connectivity index (χ0n) is 14.1. The average Bonchev–Trinajstić information content (AvgIpc) is 2.86. The zero-order valence-corrected chi connectivity index (χ0v) is 15.8. The monoisotopic (exact) mass is 366 g/mol. The highest BCUT2D eigenvalue weighted by molar-refractivity contribution is 7.91. The molecule has 0 aromatic carbocycles. The van der Waals surface area contributed by atoms with Gasteiger partial charge in [-0.05, 0) is 51.1 Å². The molecule has 0 saturated carbocycles. The maximum atomic E-state index is 12.6. The first-order chi connectivity index (χ1) is 10.5. The van der Waals surface area contributed by atoms with Crippen LogP contribution in [0.4, 0.5) is 0 Å². The Kier molecular flexibility index (Phi) is 8.86. The summed E-state index contributed by atoms with van der Waals surface area (Å²) in [6, 6.07) is -0.0860. The van der Waals surface area contributed by atoms with Crippen molar-refractivity contribution >= 4 is 28.2 Å². The molecule has 0 aliphatic carbocycles.